The SMILES string of the molecule is CC(C)N1CC(=O)N2C[C@H](C3=C4C=NC=C[N+]4(N)C(c4ccc(C(=O)Nc5cc(C(F)(F)F)ccn5)cc4)=N3)CC[C@H]2C1. The van der Waals surface area contributed by atoms with Gasteiger partial charge in [-0.05, 0) is 63.1 Å². The Balaban J connectivity index is 1.22. The van der Waals surface area contributed by atoms with Crippen molar-refractivity contribution in [2.24, 2.45) is 21.7 Å². The molecule has 224 valence electrons. The molecular formula is C30H32F3N8O2+. The summed E-state index contributed by atoms with van der Waals surface area (Å²) in [6.45, 7) is 6.05. The number of amidine groups is 1. The van der Waals surface area contributed by atoms with Crippen LogP contribution in [0.15, 0.2) is 76.4 Å². The first kappa shape index (κ1) is 28.9. The number of aromatic nitrogens is 1. The Morgan fingerprint density at radius 1 is 1.14 bits per heavy atom. The number of halogens is 3. The lowest BCUT2D eigenvalue weighted by Gasteiger charge is -2.47. The summed E-state index contributed by atoms with van der Waals surface area (Å²) in [5, 5.41) is 2.42. The second-order valence-corrected chi connectivity index (χ2v) is 11.5. The monoisotopic (exact) mass is 593 g/mol. The number of piperidine rings is 1. The number of amides is 2. The molecule has 2 aromatic rings. The van der Waals surface area contributed by atoms with Crippen molar-refractivity contribution in [3.8, 4) is 0 Å². The van der Waals surface area contributed by atoms with Crippen LogP contribution in [0.3, 0.4) is 0 Å². The molecule has 0 radical (unpaired) electrons. The second-order valence-electron chi connectivity index (χ2n) is 11.5. The Labute approximate surface area is 246 Å². The van der Waals surface area contributed by atoms with Crippen molar-refractivity contribution in [1.82, 2.24) is 14.8 Å². The molecule has 3 N–H and O–H groups in total. The maximum Gasteiger partial charge on any atom is 0.416 e. The Bertz CT molecular complexity index is 1580. The Hall–Kier alpha value is -4.20. The number of quaternary nitrogens is 1. The first-order valence-corrected chi connectivity index (χ1v) is 14.1. The largest absolute Gasteiger partial charge is 0.416 e. The lowest BCUT2D eigenvalue weighted by atomic mass is 9.88. The van der Waals surface area contributed by atoms with Gasteiger partial charge in [-0.3, -0.25) is 19.5 Å². The van der Waals surface area contributed by atoms with E-state index in [4.69, 9.17) is 10.8 Å². The van der Waals surface area contributed by atoms with Gasteiger partial charge >= 0.3 is 6.18 Å². The molecule has 4 aliphatic heterocycles. The molecule has 5 heterocycles. The number of benzene rings is 1. The molecule has 6 rings (SSSR count). The van der Waals surface area contributed by atoms with Gasteiger partial charge in [0.15, 0.2) is 0 Å². The molecule has 3 atom stereocenters. The number of carbonyl (C=O) groups is 2. The second kappa shape index (κ2) is 10.8. The molecule has 2 amide bonds. The summed E-state index contributed by atoms with van der Waals surface area (Å²) in [6, 6.07) is 8.63. The third-order valence-electron chi connectivity index (χ3n) is 8.48. The first-order chi connectivity index (χ1) is 20.4. The molecule has 1 aromatic heterocycles. The summed E-state index contributed by atoms with van der Waals surface area (Å²) >= 11 is 0. The summed E-state index contributed by atoms with van der Waals surface area (Å²) in [5.74, 6) is 6.75. The maximum absolute atomic E-state index is 13.1. The third-order valence-corrected chi connectivity index (χ3v) is 8.48. The molecule has 2 saturated heterocycles. The highest BCUT2D eigenvalue weighted by atomic mass is 19.4. The van der Waals surface area contributed by atoms with Crippen LogP contribution in [-0.4, -0.2) is 75.0 Å². The molecule has 4 aliphatic rings. The molecule has 43 heavy (non-hydrogen) atoms. The van der Waals surface area contributed by atoms with Crippen LogP contribution < -0.4 is 11.2 Å². The highest BCUT2D eigenvalue weighted by molar-refractivity contribution is 6.05. The zero-order chi connectivity index (χ0) is 30.5. The fourth-order valence-electron chi connectivity index (χ4n) is 6.08. The van der Waals surface area contributed by atoms with Crippen LogP contribution in [-0.2, 0) is 11.0 Å². The Kier molecular flexibility index (Phi) is 7.27. The fourth-order valence-corrected chi connectivity index (χ4v) is 6.08. The van der Waals surface area contributed by atoms with E-state index in [1.54, 1.807) is 42.9 Å². The number of allylic oxidation sites excluding steroid dienone is 1. The maximum atomic E-state index is 13.1. The van der Waals surface area contributed by atoms with Gasteiger partial charge in [0.05, 0.1) is 30.1 Å². The number of nitrogens with two attached hydrogens (primary N) is 1. The van der Waals surface area contributed by atoms with E-state index in [0.29, 0.717) is 30.5 Å². The number of nitrogens with one attached hydrogen (secondary N) is 1. The van der Waals surface area contributed by atoms with Gasteiger partial charge in [0.2, 0.25) is 11.6 Å². The number of pyridine rings is 1. The molecule has 0 bridgehead atoms. The van der Waals surface area contributed by atoms with Gasteiger partial charge in [-0.2, -0.15) is 24.0 Å². The Morgan fingerprint density at radius 2 is 1.91 bits per heavy atom. The van der Waals surface area contributed by atoms with Gasteiger partial charge < -0.3 is 10.2 Å². The number of piperazine rings is 1. The smallest absolute Gasteiger partial charge is 0.337 e. The molecule has 1 aromatic carbocycles. The molecule has 1 unspecified atom stereocenters. The number of hydrogen-bond donors (Lipinski definition) is 2. The highest BCUT2D eigenvalue weighted by Gasteiger charge is 2.48. The van der Waals surface area contributed by atoms with E-state index in [2.05, 4.69) is 34.0 Å². The summed E-state index contributed by atoms with van der Waals surface area (Å²) in [4.78, 5) is 43.2. The standard InChI is InChI=1S/C30H31F3N8O2/c1-18(2)39-16-23-8-7-21(15-40(23)26(42)17-39)27-24-14-35-11-12-41(24,34)28(38-27)19-3-5-20(6-4-19)29(43)37-25-13-22(9-10-36-25)30(31,32)33/h3-6,9-14,18,21,23H,7-8,15-17,34H2,1-2H3/p+1/t21-,23+,41?/m1/s1. The van der Waals surface area contributed by atoms with Crippen molar-refractivity contribution in [2.75, 3.05) is 25.0 Å². The molecule has 13 heteroatoms. The Morgan fingerprint density at radius 3 is 2.63 bits per heavy atom. The van der Waals surface area contributed by atoms with Crippen molar-refractivity contribution >= 4 is 29.7 Å². The van der Waals surface area contributed by atoms with Crippen molar-refractivity contribution < 1.29 is 27.4 Å². The lowest BCUT2D eigenvalue weighted by Crippen LogP contribution is -2.60. The molecular weight excluding hydrogens is 561 g/mol. The van der Waals surface area contributed by atoms with Gasteiger partial charge in [-0.25, -0.2) is 4.98 Å². The number of anilines is 1. The summed E-state index contributed by atoms with van der Waals surface area (Å²) in [7, 11) is 0. The van der Waals surface area contributed by atoms with E-state index in [9.17, 15) is 22.8 Å². The van der Waals surface area contributed by atoms with E-state index >= 15 is 0 Å². The van der Waals surface area contributed by atoms with E-state index in [0.717, 1.165) is 49.1 Å². The van der Waals surface area contributed by atoms with E-state index < -0.39 is 17.6 Å². The molecule has 0 aliphatic carbocycles. The molecule has 10 nitrogen and oxygen atoms in total. The molecule has 0 spiro atoms. The van der Waals surface area contributed by atoms with Gasteiger partial charge in [0, 0.05) is 42.9 Å². The average Bonchev–Trinajstić information content (AvgIpc) is 3.29. The van der Waals surface area contributed by atoms with Crippen LogP contribution in [0.2, 0.25) is 0 Å². The normalized spacial score (nSPS) is 25.6. The minimum absolute atomic E-state index is 0.0117. The first-order valence-electron chi connectivity index (χ1n) is 14.1. The molecule has 2 fully saturated rings. The van der Waals surface area contributed by atoms with Gasteiger partial charge in [-0.15, -0.1) is 4.59 Å². The van der Waals surface area contributed by atoms with Crippen LogP contribution in [0.5, 0.6) is 0 Å². The van der Waals surface area contributed by atoms with Crippen LogP contribution in [0.4, 0.5) is 19.0 Å². The fraction of sp³-hybridized carbons (Fsp3) is 0.367. The zero-order valence-electron chi connectivity index (χ0n) is 23.8. The van der Waals surface area contributed by atoms with Gasteiger partial charge in [0.1, 0.15) is 17.7 Å². The number of alkyl halides is 3. The summed E-state index contributed by atoms with van der Waals surface area (Å²) in [5.41, 5.74) is 1.51. The van der Waals surface area contributed by atoms with Crippen LogP contribution in [0.1, 0.15) is 48.2 Å². The van der Waals surface area contributed by atoms with Crippen molar-refractivity contribution in [3.63, 3.8) is 0 Å². The average molecular weight is 594 g/mol. The third kappa shape index (κ3) is 5.39. The minimum Gasteiger partial charge on any atom is -0.337 e. The van der Waals surface area contributed by atoms with Crippen molar-refractivity contribution in [2.45, 2.75) is 44.9 Å². The number of carbonyl (C=O) groups excluding carboxylic acids is 2. The van der Waals surface area contributed by atoms with E-state index in [1.165, 1.54) is 0 Å². The number of fused-ring (bicyclic) bond motifs is 2. The van der Waals surface area contributed by atoms with Gasteiger partial charge in [-0.1, -0.05) is 0 Å². The highest BCUT2D eigenvalue weighted by Crippen LogP contribution is 2.39. The number of hydrogen-bond acceptors (Lipinski definition) is 7. The van der Waals surface area contributed by atoms with Crippen molar-refractivity contribution in [1.29, 1.82) is 0 Å². The van der Waals surface area contributed by atoms with E-state index in [-0.39, 0.29) is 33.8 Å². The number of rotatable bonds is 5. The topological polar surface area (TPSA) is 116 Å². The van der Waals surface area contributed by atoms with Crippen LogP contribution >= 0.6 is 0 Å². The van der Waals surface area contributed by atoms with Crippen LogP contribution in [0.25, 0.3) is 0 Å². The number of nitrogens with zero attached hydrogens (tertiary/aromatic N) is 6. The van der Waals surface area contributed by atoms with Crippen LogP contribution in [0, 0.1) is 5.92 Å². The zero-order valence-corrected chi connectivity index (χ0v) is 23.8. The predicted molar refractivity (Wildman–Crippen MR) is 154 cm³/mol. The number of aliphatic imine (C=N–C) groups is 2. The predicted octanol–water partition coefficient (Wildman–Crippen LogP) is 3.90. The minimum atomic E-state index is -4.55. The lowest BCUT2D eigenvalue weighted by molar-refractivity contribution is -0.750. The molecule has 0 saturated carbocycles. The summed E-state index contributed by atoms with van der Waals surface area (Å²) in [6.07, 6.45) is 3.22. The quantitative estimate of drug-likeness (QED) is 0.403. The van der Waals surface area contributed by atoms with E-state index in [1.807, 2.05) is 4.90 Å². The summed E-state index contributed by atoms with van der Waals surface area (Å²) < 4.78 is 38.9. The van der Waals surface area contributed by atoms with Gasteiger partial charge in [0.25, 0.3) is 11.7 Å². The van der Waals surface area contributed by atoms with Crippen molar-refractivity contribution in [3.05, 3.63) is 83.1 Å².